The Bertz CT molecular complexity index is 375. The number of ketones is 1. The van der Waals surface area contributed by atoms with E-state index in [2.05, 4.69) is 5.92 Å². The third-order valence-corrected chi connectivity index (χ3v) is 2.82. The van der Waals surface area contributed by atoms with Crippen LogP contribution in [0.25, 0.3) is 0 Å². The van der Waals surface area contributed by atoms with E-state index in [1.165, 1.54) is 0 Å². The second-order valence-electron chi connectivity index (χ2n) is 5.93. The first-order valence-electron chi connectivity index (χ1n) is 6.21. The minimum Gasteiger partial charge on any atom is -0.444 e. The highest BCUT2D eigenvalue weighted by atomic mass is 16.6. The number of hydrogen-bond donors (Lipinski definition) is 0. The largest absolute Gasteiger partial charge is 0.444 e. The normalized spacial score (nSPS) is 24.3. The average Bonchev–Trinajstić information content (AvgIpc) is 2.24. The van der Waals surface area contributed by atoms with Gasteiger partial charge in [-0.05, 0) is 39.0 Å². The molecule has 0 aromatic carbocycles. The number of carbonyl (C=O) groups is 2. The molecule has 0 aliphatic carbocycles. The molecule has 4 nitrogen and oxygen atoms in total. The van der Waals surface area contributed by atoms with Crippen molar-refractivity contribution in [2.75, 3.05) is 13.1 Å². The summed E-state index contributed by atoms with van der Waals surface area (Å²) in [7, 11) is 0. The number of carbonyl (C=O) groups excluding carboxylic acids is 2. The number of hydrogen-bond acceptors (Lipinski definition) is 3. The quantitative estimate of drug-likeness (QED) is 0.529. The van der Waals surface area contributed by atoms with Gasteiger partial charge in [0, 0.05) is 19.0 Å². The molecular formula is C14H21NO3. The Hall–Kier alpha value is -1.50. The molecule has 2 unspecified atom stereocenters. The molecule has 18 heavy (non-hydrogen) atoms. The van der Waals surface area contributed by atoms with Gasteiger partial charge >= 0.3 is 6.09 Å². The molecule has 0 aromatic heterocycles. The summed E-state index contributed by atoms with van der Waals surface area (Å²) in [5.41, 5.74) is -0.524. The van der Waals surface area contributed by atoms with Gasteiger partial charge in [0.2, 0.25) is 5.78 Å². The molecule has 1 heterocycles. The number of ether oxygens (including phenoxy) is 1. The van der Waals surface area contributed by atoms with E-state index in [9.17, 15) is 9.59 Å². The van der Waals surface area contributed by atoms with Crippen LogP contribution < -0.4 is 0 Å². The number of amides is 1. The van der Waals surface area contributed by atoms with Crippen molar-refractivity contribution in [1.29, 1.82) is 0 Å². The molecule has 0 spiro atoms. The van der Waals surface area contributed by atoms with Crippen LogP contribution in [-0.4, -0.2) is 35.5 Å². The molecule has 1 amide bonds. The molecule has 0 radical (unpaired) electrons. The molecule has 1 fully saturated rings. The summed E-state index contributed by atoms with van der Waals surface area (Å²) in [6, 6.07) is 0. The maximum Gasteiger partial charge on any atom is 0.410 e. The van der Waals surface area contributed by atoms with Crippen LogP contribution in [0.5, 0.6) is 0 Å². The molecule has 1 aliphatic rings. The van der Waals surface area contributed by atoms with Gasteiger partial charge in [0.15, 0.2) is 0 Å². The topological polar surface area (TPSA) is 46.6 Å². The summed E-state index contributed by atoms with van der Waals surface area (Å²) >= 11 is 0. The van der Waals surface area contributed by atoms with Crippen molar-refractivity contribution in [3.63, 3.8) is 0 Å². The van der Waals surface area contributed by atoms with Crippen molar-refractivity contribution in [1.82, 2.24) is 4.90 Å². The first kappa shape index (κ1) is 14.6. The van der Waals surface area contributed by atoms with E-state index in [4.69, 9.17) is 11.2 Å². The maximum absolute atomic E-state index is 12.0. The number of Topliss-reactive ketones (excluding diaryl/α,β-unsaturated/α-hetero) is 1. The van der Waals surface area contributed by atoms with E-state index < -0.39 is 5.60 Å². The standard InChI is InChI=1S/C14H21NO3/c1-6-12(16)11-7-10(2)8-15(9-11)13(17)18-14(3,4)5/h1,10-11H,7-9H2,2-5H3. The number of terminal acetylenes is 1. The van der Waals surface area contributed by atoms with Gasteiger partial charge in [-0.15, -0.1) is 6.42 Å². The fraction of sp³-hybridized carbons (Fsp3) is 0.714. The minimum atomic E-state index is -0.524. The summed E-state index contributed by atoms with van der Waals surface area (Å²) < 4.78 is 5.31. The van der Waals surface area contributed by atoms with Gasteiger partial charge in [-0.1, -0.05) is 6.92 Å². The molecule has 1 rings (SSSR count). The SMILES string of the molecule is C#CC(=O)C1CC(C)CN(C(=O)OC(C)(C)C)C1. The van der Waals surface area contributed by atoms with Crippen molar-refractivity contribution >= 4 is 11.9 Å². The minimum absolute atomic E-state index is 0.227. The van der Waals surface area contributed by atoms with Gasteiger partial charge in [-0.25, -0.2) is 4.79 Å². The molecular weight excluding hydrogens is 230 g/mol. The van der Waals surface area contributed by atoms with Gasteiger partial charge in [0.1, 0.15) is 5.60 Å². The predicted octanol–water partition coefficient (Wildman–Crippen LogP) is 2.08. The van der Waals surface area contributed by atoms with Crippen LogP contribution >= 0.6 is 0 Å². The summed E-state index contributed by atoms with van der Waals surface area (Å²) in [6.45, 7) is 8.45. The van der Waals surface area contributed by atoms with Crippen molar-refractivity contribution in [3.05, 3.63) is 0 Å². The fourth-order valence-electron chi connectivity index (χ4n) is 2.13. The van der Waals surface area contributed by atoms with Crippen LogP contribution in [0, 0.1) is 24.2 Å². The highest BCUT2D eigenvalue weighted by Gasteiger charge is 2.33. The van der Waals surface area contributed by atoms with E-state index in [-0.39, 0.29) is 23.7 Å². The van der Waals surface area contributed by atoms with E-state index in [1.54, 1.807) is 4.90 Å². The molecule has 0 saturated carbocycles. The van der Waals surface area contributed by atoms with Crippen LogP contribution in [0.2, 0.25) is 0 Å². The lowest BCUT2D eigenvalue weighted by atomic mass is 9.88. The van der Waals surface area contributed by atoms with Crippen LogP contribution in [0.3, 0.4) is 0 Å². The molecule has 4 heteroatoms. The van der Waals surface area contributed by atoms with Gasteiger partial charge < -0.3 is 9.64 Å². The summed E-state index contributed by atoms with van der Waals surface area (Å²) in [5.74, 6) is 1.92. The van der Waals surface area contributed by atoms with Crippen molar-refractivity contribution in [2.24, 2.45) is 11.8 Å². The Morgan fingerprint density at radius 3 is 2.44 bits per heavy atom. The van der Waals surface area contributed by atoms with Gasteiger partial charge in [-0.3, -0.25) is 4.79 Å². The first-order valence-corrected chi connectivity index (χ1v) is 6.21. The van der Waals surface area contributed by atoms with Crippen molar-refractivity contribution < 1.29 is 14.3 Å². The Morgan fingerprint density at radius 2 is 1.94 bits per heavy atom. The monoisotopic (exact) mass is 251 g/mol. The lowest BCUT2D eigenvalue weighted by Gasteiger charge is -2.36. The van der Waals surface area contributed by atoms with E-state index in [0.29, 0.717) is 13.1 Å². The lowest BCUT2D eigenvalue weighted by molar-refractivity contribution is -0.119. The van der Waals surface area contributed by atoms with Crippen LogP contribution in [0.4, 0.5) is 4.79 Å². The predicted molar refractivity (Wildman–Crippen MR) is 68.9 cm³/mol. The molecule has 0 bridgehead atoms. The number of likely N-dealkylation sites (tertiary alicyclic amines) is 1. The van der Waals surface area contributed by atoms with Gasteiger partial charge in [-0.2, -0.15) is 0 Å². The number of nitrogens with zero attached hydrogens (tertiary/aromatic N) is 1. The van der Waals surface area contributed by atoms with Crippen LogP contribution in [0.1, 0.15) is 34.1 Å². The zero-order valence-electron chi connectivity index (χ0n) is 11.5. The van der Waals surface area contributed by atoms with Crippen molar-refractivity contribution in [3.8, 4) is 12.3 Å². The van der Waals surface area contributed by atoms with E-state index in [1.807, 2.05) is 27.7 Å². The number of rotatable bonds is 1. The average molecular weight is 251 g/mol. The molecule has 2 atom stereocenters. The van der Waals surface area contributed by atoms with Gasteiger partial charge in [0.25, 0.3) is 0 Å². The van der Waals surface area contributed by atoms with Crippen LogP contribution in [-0.2, 0) is 9.53 Å². The zero-order chi connectivity index (χ0) is 13.9. The highest BCUT2D eigenvalue weighted by Crippen LogP contribution is 2.23. The number of piperidine rings is 1. The molecule has 0 N–H and O–H groups in total. The first-order chi connectivity index (χ1) is 8.23. The van der Waals surface area contributed by atoms with E-state index >= 15 is 0 Å². The highest BCUT2D eigenvalue weighted by molar-refractivity contribution is 5.97. The lowest BCUT2D eigenvalue weighted by Crippen LogP contribution is -2.47. The molecule has 100 valence electrons. The summed E-state index contributed by atoms with van der Waals surface area (Å²) in [6.07, 6.45) is 5.50. The third kappa shape index (κ3) is 4.06. The zero-order valence-corrected chi connectivity index (χ0v) is 11.5. The third-order valence-electron chi connectivity index (χ3n) is 2.82. The Morgan fingerprint density at radius 1 is 1.33 bits per heavy atom. The Balaban J connectivity index is 2.69. The fourth-order valence-corrected chi connectivity index (χ4v) is 2.13. The Kier molecular flexibility index (Phi) is 4.39. The maximum atomic E-state index is 12.0. The second-order valence-corrected chi connectivity index (χ2v) is 5.93. The molecule has 1 saturated heterocycles. The smallest absolute Gasteiger partial charge is 0.410 e. The summed E-state index contributed by atoms with van der Waals surface area (Å²) in [5, 5.41) is 0. The molecule has 0 aromatic rings. The van der Waals surface area contributed by atoms with E-state index in [0.717, 1.165) is 6.42 Å². The van der Waals surface area contributed by atoms with Crippen molar-refractivity contribution in [2.45, 2.75) is 39.7 Å². The Labute approximate surface area is 109 Å². The van der Waals surface area contributed by atoms with Crippen LogP contribution in [0.15, 0.2) is 0 Å². The summed E-state index contributed by atoms with van der Waals surface area (Å²) in [4.78, 5) is 25.1. The van der Waals surface area contributed by atoms with Gasteiger partial charge in [0.05, 0.1) is 0 Å². The molecule has 1 aliphatic heterocycles. The second kappa shape index (κ2) is 5.43.